The normalized spacial score (nSPS) is 28.0. The lowest BCUT2D eigenvalue weighted by atomic mass is 9.79. The Balaban J connectivity index is 1.01. The third-order valence-electron chi connectivity index (χ3n) is 8.47. The molecule has 6 heteroatoms. The fourth-order valence-corrected chi connectivity index (χ4v) is 6.46. The fourth-order valence-electron chi connectivity index (χ4n) is 6.46. The number of hydrogen-bond acceptors (Lipinski definition) is 5. The lowest BCUT2D eigenvalue weighted by molar-refractivity contribution is 0.0426. The molecule has 1 saturated carbocycles. The van der Waals surface area contributed by atoms with Gasteiger partial charge < -0.3 is 14.8 Å². The molecule has 1 aromatic heterocycles. The lowest BCUT2D eigenvalue weighted by Crippen LogP contribution is -2.47. The van der Waals surface area contributed by atoms with Crippen LogP contribution in [0.15, 0.2) is 36.5 Å². The molecule has 2 bridgehead atoms. The van der Waals surface area contributed by atoms with Crippen LogP contribution in [0.25, 0.3) is 0 Å². The van der Waals surface area contributed by atoms with Crippen molar-refractivity contribution in [2.24, 2.45) is 5.92 Å². The number of amides is 1. The second-order valence-corrected chi connectivity index (χ2v) is 10.9. The maximum atomic E-state index is 12.8. The summed E-state index contributed by atoms with van der Waals surface area (Å²) >= 11 is 0. The highest BCUT2D eigenvalue weighted by molar-refractivity contribution is 5.92. The average molecular weight is 476 g/mol. The summed E-state index contributed by atoms with van der Waals surface area (Å²) in [6.07, 6.45) is 12.5. The minimum atomic E-state index is -0.110. The second-order valence-electron chi connectivity index (χ2n) is 10.9. The van der Waals surface area contributed by atoms with Crippen LogP contribution in [-0.4, -0.2) is 53.7 Å². The summed E-state index contributed by atoms with van der Waals surface area (Å²) in [6, 6.07) is 11.5. The van der Waals surface area contributed by atoms with Crippen molar-refractivity contribution >= 4 is 5.91 Å². The molecule has 7 rings (SSSR count). The average Bonchev–Trinajstić information content (AvgIpc) is 3.42. The molecule has 2 aliphatic carbocycles. The molecule has 6 nitrogen and oxygen atoms in total. The Morgan fingerprint density at radius 3 is 2.74 bits per heavy atom. The van der Waals surface area contributed by atoms with Gasteiger partial charge in [-0.2, -0.15) is 0 Å². The van der Waals surface area contributed by atoms with Gasteiger partial charge in [0.25, 0.3) is 5.91 Å². The molecule has 2 aromatic rings. The molecule has 186 valence electrons. The van der Waals surface area contributed by atoms with Gasteiger partial charge in [0.05, 0.1) is 12.3 Å². The summed E-state index contributed by atoms with van der Waals surface area (Å²) in [4.78, 5) is 19.9. The molecule has 0 radical (unpaired) electrons. The van der Waals surface area contributed by atoms with Gasteiger partial charge in [-0.3, -0.25) is 9.69 Å². The Morgan fingerprint density at radius 2 is 2.00 bits per heavy atom. The van der Waals surface area contributed by atoms with Crippen molar-refractivity contribution in [3.8, 4) is 5.75 Å². The molecule has 3 saturated heterocycles. The maximum Gasteiger partial charge on any atom is 0.270 e. The Labute approximate surface area is 208 Å². The van der Waals surface area contributed by atoms with Crippen LogP contribution >= 0.6 is 0 Å². The van der Waals surface area contributed by atoms with Crippen molar-refractivity contribution in [3.63, 3.8) is 0 Å². The van der Waals surface area contributed by atoms with Crippen LogP contribution in [0.3, 0.4) is 0 Å². The van der Waals surface area contributed by atoms with E-state index in [0.717, 1.165) is 57.2 Å². The Morgan fingerprint density at radius 1 is 1.09 bits per heavy atom. The third-order valence-corrected chi connectivity index (χ3v) is 8.47. The van der Waals surface area contributed by atoms with E-state index in [9.17, 15) is 4.79 Å². The smallest absolute Gasteiger partial charge is 0.270 e. The Kier molecular flexibility index (Phi) is 6.75. The van der Waals surface area contributed by atoms with Gasteiger partial charge in [0.15, 0.2) is 0 Å². The second kappa shape index (κ2) is 10.3. The number of pyridine rings is 1. The number of carbonyl (C=O) groups excluding carboxylic acids is 1. The van der Waals surface area contributed by atoms with Gasteiger partial charge in [0.1, 0.15) is 18.1 Å². The summed E-state index contributed by atoms with van der Waals surface area (Å²) in [5.41, 5.74) is 4.72. The number of aryl methyl sites for hydroxylation is 1. The van der Waals surface area contributed by atoms with Gasteiger partial charge >= 0.3 is 0 Å². The van der Waals surface area contributed by atoms with Gasteiger partial charge in [-0.05, 0) is 92.5 Å². The van der Waals surface area contributed by atoms with Gasteiger partial charge in [-0.25, -0.2) is 4.98 Å². The summed E-state index contributed by atoms with van der Waals surface area (Å²) in [6.45, 7) is 3.73. The Hall–Kier alpha value is -2.44. The molecule has 0 spiro atoms. The SMILES string of the molecule is O=C(N[C@H]1CCc2cc(CN3CC4CCC3CC4)ccc2C1)c1ccc(OC[C@@H]2CCCO2)cn1. The van der Waals surface area contributed by atoms with Crippen molar-refractivity contribution < 1.29 is 14.3 Å². The maximum absolute atomic E-state index is 12.8. The number of ether oxygens (including phenoxy) is 2. The molecular formula is C29H37N3O3. The van der Waals surface area contributed by atoms with Crippen LogP contribution in [0.5, 0.6) is 5.75 Å². The molecule has 3 aliphatic heterocycles. The van der Waals surface area contributed by atoms with Crippen LogP contribution in [0.1, 0.15) is 72.1 Å². The van der Waals surface area contributed by atoms with Crippen LogP contribution in [0, 0.1) is 5.92 Å². The first-order chi connectivity index (χ1) is 17.2. The molecule has 4 heterocycles. The number of aromatic nitrogens is 1. The predicted octanol–water partition coefficient (Wildman–Crippen LogP) is 4.30. The topological polar surface area (TPSA) is 63.7 Å². The van der Waals surface area contributed by atoms with E-state index in [4.69, 9.17) is 9.47 Å². The minimum absolute atomic E-state index is 0.110. The zero-order valence-corrected chi connectivity index (χ0v) is 20.6. The summed E-state index contributed by atoms with van der Waals surface area (Å²) < 4.78 is 11.3. The number of benzene rings is 1. The summed E-state index contributed by atoms with van der Waals surface area (Å²) in [5.74, 6) is 1.49. The summed E-state index contributed by atoms with van der Waals surface area (Å²) in [5, 5.41) is 3.20. The number of nitrogens with one attached hydrogen (secondary N) is 1. The highest BCUT2D eigenvalue weighted by Crippen LogP contribution is 2.36. The van der Waals surface area contributed by atoms with Crippen molar-refractivity contribution in [1.82, 2.24) is 15.2 Å². The van der Waals surface area contributed by atoms with Crippen molar-refractivity contribution in [3.05, 3.63) is 58.9 Å². The van der Waals surface area contributed by atoms with Crippen LogP contribution in [0.2, 0.25) is 0 Å². The number of carbonyl (C=O) groups is 1. The van der Waals surface area contributed by atoms with Crippen LogP contribution < -0.4 is 10.1 Å². The van der Waals surface area contributed by atoms with E-state index < -0.39 is 0 Å². The van der Waals surface area contributed by atoms with Crippen molar-refractivity contribution in [2.75, 3.05) is 19.8 Å². The molecule has 4 fully saturated rings. The molecule has 2 atom stereocenters. The molecule has 5 aliphatic rings. The highest BCUT2D eigenvalue weighted by Gasteiger charge is 2.33. The fraction of sp³-hybridized carbons (Fsp3) is 0.586. The number of rotatable bonds is 7. The highest BCUT2D eigenvalue weighted by atomic mass is 16.5. The number of piperidine rings is 2. The monoisotopic (exact) mass is 475 g/mol. The lowest BCUT2D eigenvalue weighted by Gasteiger charge is -2.45. The van der Waals surface area contributed by atoms with E-state index in [1.165, 1.54) is 48.9 Å². The largest absolute Gasteiger partial charge is 0.489 e. The van der Waals surface area contributed by atoms with Crippen molar-refractivity contribution in [2.45, 2.75) is 82.5 Å². The van der Waals surface area contributed by atoms with E-state index in [0.29, 0.717) is 18.1 Å². The van der Waals surface area contributed by atoms with Crippen LogP contribution in [0.4, 0.5) is 0 Å². The standard InChI is InChI=1S/C29H37N3O3/c33-29(28-12-11-26(16-30-28)35-19-27-2-1-13-34-27)31-24-8-7-22-14-21(3-6-23(22)15-24)18-32-17-20-4-9-25(32)10-5-20/h3,6,11-12,14,16,20,24-25,27H,1-2,4-5,7-10,13,15,17-19H2,(H,31,33)/t20?,24-,25?,27-/m0/s1. The van der Waals surface area contributed by atoms with Gasteiger partial charge in [-0.15, -0.1) is 0 Å². The van der Waals surface area contributed by atoms with E-state index in [1.54, 1.807) is 12.3 Å². The van der Waals surface area contributed by atoms with E-state index >= 15 is 0 Å². The van der Waals surface area contributed by atoms with E-state index in [1.807, 2.05) is 6.07 Å². The number of hydrogen-bond donors (Lipinski definition) is 1. The first kappa shape index (κ1) is 23.0. The van der Waals surface area contributed by atoms with Gasteiger partial charge in [0, 0.05) is 31.8 Å². The van der Waals surface area contributed by atoms with E-state index in [-0.39, 0.29) is 18.1 Å². The quantitative estimate of drug-likeness (QED) is 0.647. The zero-order valence-electron chi connectivity index (χ0n) is 20.6. The van der Waals surface area contributed by atoms with Gasteiger partial charge in [-0.1, -0.05) is 18.2 Å². The number of fused-ring (bicyclic) bond motifs is 4. The van der Waals surface area contributed by atoms with Crippen molar-refractivity contribution in [1.29, 1.82) is 0 Å². The molecule has 1 amide bonds. The minimum Gasteiger partial charge on any atom is -0.489 e. The molecular weight excluding hydrogens is 438 g/mol. The van der Waals surface area contributed by atoms with E-state index in [2.05, 4.69) is 33.4 Å². The Bertz CT molecular complexity index is 1030. The zero-order chi connectivity index (χ0) is 23.6. The predicted molar refractivity (Wildman–Crippen MR) is 135 cm³/mol. The first-order valence-electron chi connectivity index (χ1n) is 13.6. The van der Waals surface area contributed by atoms with Crippen LogP contribution in [-0.2, 0) is 24.1 Å². The first-order valence-corrected chi connectivity index (χ1v) is 13.6. The number of nitrogens with zero attached hydrogens (tertiary/aromatic N) is 2. The third kappa shape index (κ3) is 5.39. The molecule has 1 N–H and O–H groups in total. The van der Waals surface area contributed by atoms with Gasteiger partial charge in [0.2, 0.25) is 0 Å². The molecule has 1 aromatic carbocycles. The summed E-state index contributed by atoms with van der Waals surface area (Å²) in [7, 11) is 0. The molecule has 0 unspecified atom stereocenters. The molecule has 35 heavy (non-hydrogen) atoms.